The van der Waals surface area contributed by atoms with Crippen LogP contribution in [0.1, 0.15) is 24.8 Å². The summed E-state index contributed by atoms with van der Waals surface area (Å²) in [6, 6.07) is 5.59. The van der Waals surface area contributed by atoms with Crippen molar-refractivity contribution in [3.63, 3.8) is 0 Å². The second-order valence-electron chi connectivity index (χ2n) is 6.34. The quantitative estimate of drug-likeness (QED) is 0.810. The fourth-order valence-electron chi connectivity index (χ4n) is 3.01. The summed E-state index contributed by atoms with van der Waals surface area (Å²) >= 11 is 0. The number of methoxy groups -OCH3 is 1. The van der Waals surface area contributed by atoms with Gasteiger partial charge >= 0.3 is 5.97 Å². The Morgan fingerprint density at radius 1 is 1.40 bits per heavy atom. The van der Waals surface area contributed by atoms with Crippen molar-refractivity contribution in [2.24, 2.45) is 5.92 Å². The number of nitrogens with zero attached hydrogens (tertiary/aromatic N) is 2. The minimum absolute atomic E-state index is 0.0217. The SMILES string of the molecule is COc1ccc(C)cc1N1CC(C(=O)N(C)CCCC(=O)O)CC1=O. The smallest absolute Gasteiger partial charge is 0.303 e. The Morgan fingerprint density at radius 2 is 2.12 bits per heavy atom. The number of anilines is 1. The molecule has 0 aliphatic carbocycles. The summed E-state index contributed by atoms with van der Waals surface area (Å²) in [6.45, 7) is 2.60. The monoisotopic (exact) mass is 348 g/mol. The normalized spacial score (nSPS) is 16.8. The number of hydrogen-bond acceptors (Lipinski definition) is 4. The van der Waals surface area contributed by atoms with Gasteiger partial charge in [0.1, 0.15) is 5.75 Å². The Bertz CT molecular complexity index is 673. The average Bonchev–Trinajstić information content (AvgIpc) is 2.95. The molecule has 25 heavy (non-hydrogen) atoms. The lowest BCUT2D eigenvalue weighted by Gasteiger charge is -2.22. The minimum Gasteiger partial charge on any atom is -0.495 e. The maximum Gasteiger partial charge on any atom is 0.303 e. The van der Waals surface area contributed by atoms with Gasteiger partial charge in [0.05, 0.1) is 18.7 Å². The highest BCUT2D eigenvalue weighted by Gasteiger charge is 2.37. The maximum atomic E-state index is 12.5. The maximum absolute atomic E-state index is 12.5. The molecule has 2 amide bonds. The van der Waals surface area contributed by atoms with Gasteiger partial charge in [-0.3, -0.25) is 14.4 Å². The van der Waals surface area contributed by atoms with E-state index in [1.54, 1.807) is 19.1 Å². The van der Waals surface area contributed by atoms with Crippen molar-refractivity contribution in [1.29, 1.82) is 0 Å². The van der Waals surface area contributed by atoms with E-state index in [4.69, 9.17) is 9.84 Å². The summed E-state index contributed by atoms with van der Waals surface area (Å²) < 4.78 is 5.33. The predicted molar refractivity (Wildman–Crippen MR) is 92.7 cm³/mol. The molecule has 1 aromatic rings. The van der Waals surface area contributed by atoms with Crippen LogP contribution in [0.4, 0.5) is 5.69 Å². The first-order valence-corrected chi connectivity index (χ1v) is 8.25. The zero-order valence-electron chi connectivity index (χ0n) is 14.8. The van der Waals surface area contributed by atoms with Gasteiger partial charge in [0.25, 0.3) is 0 Å². The Hall–Kier alpha value is -2.57. The number of rotatable bonds is 7. The highest BCUT2D eigenvalue weighted by Crippen LogP contribution is 2.34. The second-order valence-corrected chi connectivity index (χ2v) is 6.34. The molecule has 2 rings (SSSR count). The molecule has 7 nitrogen and oxygen atoms in total. The Morgan fingerprint density at radius 3 is 2.76 bits per heavy atom. The van der Waals surface area contributed by atoms with E-state index in [2.05, 4.69) is 0 Å². The van der Waals surface area contributed by atoms with Gasteiger partial charge in [0.15, 0.2) is 0 Å². The van der Waals surface area contributed by atoms with Crippen molar-refractivity contribution >= 4 is 23.5 Å². The number of ether oxygens (including phenoxy) is 1. The third-order valence-electron chi connectivity index (χ3n) is 4.36. The van der Waals surface area contributed by atoms with Gasteiger partial charge < -0.3 is 19.6 Å². The number of carboxylic acid groups (broad SMARTS) is 1. The van der Waals surface area contributed by atoms with Crippen molar-refractivity contribution in [3.05, 3.63) is 23.8 Å². The molecule has 0 bridgehead atoms. The fraction of sp³-hybridized carbons (Fsp3) is 0.500. The molecule has 0 radical (unpaired) electrons. The molecule has 1 fully saturated rings. The lowest BCUT2D eigenvalue weighted by Crippen LogP contribution is -2.35. The number of carbonyl (C=O) groups excluding carboxylic acids is 2. The van der Waals surface area contributed by atoms with Crippen LogP contribution in [0.25, 0.3) is 0 Å². The van der Waals surface area contributed by atoms with Gasteiger partial charge in [0.2, 0.25) is 11.8 Å². The van der Waals surface area contributed by atoms with Crippen LogP contribution in [0.5, 0.6) is 5.75 Å². The van der Waals surface area contributed by atoms with E-state index in [0.717, 1.165) is 5.56 Å². The van der Waals surface area contributed by atoms with Crippen molar-refractivity contribution in [2.75, 3.05) is 32.1 Å². The zero-order valence-corrected chi connectivity index (χ0v) is 14.8. The summed E-state index contributed by atoms with van der Waals surface area (Å²) in [6.07, 6.45) is 0.570. The molecule has 136 valence electrons. The summed E-state index contributed by atoms with van der Waals surface area (Å²) in [5.41, 5.74) is 1.68. The van der Waals surface area contributed by atoms with Crippen molar-refractivity contribution in [1.82, 2.24) is 4.90 Å². The molecule has 1 unspecified atom stereocenters. The molecule has 1 heterocycles. The summed E-state index contributed by atoms with van der Waals surface area (Å²) in [5, 5.41) is 8.68. The van der Waals surface area contributed by atoms with Crippen LogP contribution < -0.4 is 9.64 Å². The van der Waals surface area contributed by atoms with Gasteiger partial charge in [-0.05, 0) is 31.0 Å². The molecule has 1 aliphatic rings. The first kappa shape index (κ1) is 18.8. The topological polar surface area (TPSA) is 87.2 Å². The van der Waals surface area contributed by atoms with Gasteiger partial charge in [-0.15, -0.1) is 0 Å². The van der Waals surface area contributed by atoms with E-state index in [-0.39, 0.29) is 24.7 Å². The second kappa shape index (κ2) is 8.00. The van der Waals surface area contributed by atoms with Crippen molar-refractivity contribution < 1.29 is 24.2 Å². The van der Waals surface area contributed by atoms with E-state index in [9.17, 15) is 14.4 Å². The van der Waals surface area contributed by atoms with Crippen LogP contribution in [0.15, 0.2) is 18.2 Å². The molecule has 1 N–H and O–H groups in total. The van der Waals surface area contributed by atoms with Gasteiger partial charge in [-0.25, -0.2) is 0 Å². The minimum atomic E-state index is -0.880. The van der Waals surface area contributed by atoms with Crippen LogP contribution in [-0.2, 0) is 14.4 Å². The summed E-state index contributed by atoms with van der Waals surface area (Å²) in [5.74, 6) is -0.946. The third-order valence-corrected chi connectivity index (χ3v) is 4.36. The van der Waals surface area contributed by atoms with Gasteiger partial charge in [-0.2, -0.15) is 0 Å². The number of amides is 2. The van der Waals surface area contributed by atoms with Crippen LogP contribution in [0.3, 0.4) is 0 Å². The lowest BCUT2D eigenvalue weighted by molar-refractivity contribution is -0.138. The van der Waals surface area contributed by atoms with Crippen molar-refractivity contribution in [2.45, 2.75) is 26.2 Å². The van der Waals surface area contributed by atoms with E-state index < -0.39 is 11.9 Å². The predicted octanol–water partition coefficient (Wildman–Crippen LogP) is 1.68. The summed E-state index contributed by atoms with van der Waals surface area (Å²) in [7, 11) is 3.19. The molecule has 0 saturated carbocycles. The largest absolute Gasteiger partial charge is 0.495 e. The number of benzene rings is 1. The number of carbonyl (C=O) groups is 3. The van der Waals surface area contributed by atoms with Crippen LogP contribution in [-0.4, -0.2) is 55.0 Å². The summed E-state index contributed by atoms with van der Waals surface area (Å²) in [4.78, 5) is 38.6. The highest BCUT2D eigenvalue weighted by molar-refractivity contribution is 6.01. The fourth-order valence-corrected chi connectivity index (χ4v) is 3.01. The molecular weight excluding hydrogens is 324 g/mol. The number of hydrogen-bond donors (Lipinski definition) is 1. The average molecular weight is 348 g/mol. The van der Waals surface area contributed by atoms with E-state index >= 15 is 0 Å². The lowest BCUT2D eigenvalue weighted by atomic mass is 10.1. The van der Waals surface area contributed by atoms with Crippen molar-refractivity contribution in [3.8, 4) is 5.75 Å². The third kappa shape index (κ3) is 4.49. The van der Waals surface area contributed by atoms with E-state index in [0.29, 0.717) is 30.9 Å². The first-order valence-electron chi connectivity index (χ1n) is 8.25. The highest BCUT2D eigenvalue weighted by atomic mass is 16.5. The van der Waals surface area contributed by atoms with Crippen LogP contribution >= 0.6 is 0 Å². The van der Waals surface area contributed by atoms with Crippen LogP contribution in [0, 0.1) is 12.8 Å². The number of aryl methyl sites for hydroxylation is 1. The Balaban J connectivity index is 2.05. The standard InChI is InChI=1S/C18H24N2O5/c1-12-6-7-15(25-3)14(9-12)20-11-13(10-16(20)21)18(24)19(2)8-4-5-17(22)23/h6-7,9,13H,4-5,8,10-11H2,1-3H3,(H,22,23). The number of carboxylic acids is 1. The number of aliphatic carboxylic acids is 1. The van der Waals surface area contributed by atoms with E-state index in [1.165, 1.54) is 4.90 Å². The molecule has 1 saturated heterocycles. The van der Waals surface area contributed by atoms with Gasteiger partial charge in [-0.1, -0.05) is 6.07 Å². The molecule has 1 aromatic carbocycles. The Labute approximate surface area is 147 Å². The molecular formula is C18H24N2O5. The van der Waals surface area contributed by atoms with Crippen LogP contribution in [0.2, 0.25) is 0 Å². The Kier molecular flexibility index (Phi) is 6.01. The first-order chi connectivity index (χ1) is 11.8. The zero-order chi connectivity index (χ0) is 18.6. The molecule has 0 aromatic heterocycles. The van der Waals surface area contributed by atoms with Gasteiger partial charge in [0, 0.05) is 33.0 Å². The molecule has 0 spiro atoms. The van der Waals surface area contributed by atoms with E-state index in [1.807, 2.05) is 25.1 Å². The molecule has 7 heteroatoms. The molecule has 1 atom stereocenters. The molecule has 1 aliphatic heterocycles.